The Kier molecular flexibility index (Phi) is 5.68. The fourth-order valence-corrected chi connectivity index (χ4v) is 3.41. The van der Waals surface area contributed by atoms with Gasteiger partial charge in [-0.25, -0.2) is 9.97 Å². The van der Waals surface area contributed by atoms with E-state index in [9.17, 15) is 4.79 Å². The number of aromatic nitrogens is 2. The van der Waals surface area contributed by atoms with Gasteiger partial charge in [-0.3, -0.25) is 4.79 Å². The maximum Gasteiger partial charge on any atom is 0.222 e. The highest BCUT2D eigenvalue weighted by Gasteiger charge is 2.18. The Labute approximate surface area is 164 Å². The van der Waals surface area contributed by atoms with Crippen molar-refractivity contribution in [2.75, 3.05) is 67.7 Å². The first-order valence-corrected chi connectivity index (χ1v) is 9.60. The quantitative estimate of drug-likeness (QED) is 0.862. The first-order chi connectivity index (χ1) is 13.7. The molecule has 28 heavy (non-hydrogen) atoms. The number of hydrogen-bond donors (Lipinski definition) is 1. The van der Waals surface area contributed by atoms with E-state index in [1.807, 2.05) is 6.07 Å². The lowest BCUT2D eigenvalue weighted by Crippen LogP contribution is -2.38. The molecule has 2 fully saturated rings. The zero-order valence-electron chi connectivity index (χ0n) is 16.1. The van der Waals surface area contributed by atoms with Crippen LogP contribution in [0.3, 0.4) is 0 Å². The van der Waals surface area contributed by atoms with E-state index in [0.717, 1.165) is 62.2 Å². The average Bonchev–Trinajstić information content (AvgIpc) is 2.75. The molecule has 1 N–H and O–H groups in total. The Morgan fingerprint density at radius 2 is 1.68 bits per heavy atom. The maximum atomic E-state index is 11.2. The van der Waals surface area contributed by atoms with Gasteiger partial charge in [0, 0.05) is 56.6 Å². The molecule has 0 unspecified atom stereocenters. The molecule has 148 valence electrons. The van der Waals surface area contributed by atoms with Crippen LogP contribution in [0.2, 0.25) is 0 Å². The average molecular weight is 383 g/mol. The molecular formula is C20H25N5O3. The summed E-state index contributed by atoms with van der Waals surface area (Å²) in [5, 5.41) is 2.69. The van der Waals surface area contributed by atoms with Crippen LogP contribution < -0.4 is 15.1 Å². The highest BCUT2D eigenvalue weighted by atomic mass is 16.5. The van der Waals surface area contributed by atoms with Gasteiger partial charge >= 0.3 is 0 Å². The standard InChI is InChI=1S/C20H25N5O3/c1-15(26)22-19-3-2-16(14-21-19)18-12-17(24-4-8-27-9-5-24)13-20(23-18)25-6-10-28-11-7-25/h2-3,12-14H,4-11H2,1H3,(H,21,22,26). The minimum absolute atomic E-state index is 0.137. The molecular weight excluding hydrogens is 358 g/mol. The molecule has 0 spiro atoms. The lowest BCUT2D eigenvalue weighted by molar-refractivity contribution is -0.114. The van der Waals surface area contributed by atoms with Crippen LogP contribution in [0.15, 0.2) is 30.5 Å². The highest BCUT2D eigenvalue weighted by Crippen LogP contribution is 2.29. The second-order valence-corrected chi connectivity index (χ2v) is 6.88. The van der Waals surface area contributed by atoms with Crippen molar-refractivity contribution in [3.63, 3.8) is 0 Å². The molecule has 0 saturated carbocycles. The van der Waals surface area contributed by atoms with Crippen molar-refractivity contribution < 1.29 is 14.3 Å². The molecule has 8 heteroatoms. The molecule has 2 saturated heterocycles. The van der Waals surface area contributed by atoms with Crippen molar-refractivity contribution in [3.8, 4) is 11.3 Å². The van der Waals surface area contributed by atoms with Gasteiger partial charge in [0.15, 0.2) is 0 Å². The zero-order valence-corrected chi connectivity index (χ0v) is 16.1. The van der Waals surface area contributed by atoms with E-state index >= 15 is 0 Å². The topological polar surface area (TPSA) is 79.8 Å². The van der Waals surface area contributed by atoms with Crippen LogP contribution in [0.1, 0.15) is 6.92 Å². The molecule has 0 radical (unpaired) electrons. The number of ether oxygens (including phenoxy) is 2. The number of carbonyl (C=O) groups is 1. The molecule has 0 aliphatic carbocycles. The van der Waals surface area contributed by atoms with Gasteiger partial charge in [-0.05, 0) is 18.2 Å². The van der Waals surface area contributed by atoms with E-state index in [4.69, 9.17) is 14.5 Å². The van der Waals surface area contributed by atoms with Crippen molar-refractivity contribution in [2.24, 2.45) is 0 Å². The van der Waals surface area contributed by atoms with Gasteiger partial charge in [-0.1, -0.05) is 0 Å². The second-order valence-electron chi connectivity index (χ2n) is 6.88. The third-order valence-electron chi connectivity index (χ3n) is 4.87. The Morgan fingerprint density at radius 1 is 1.00 bits per heavy atom. The number of amides is 1. The largest absolute Gasteiger partial charge is 0.378 e. The smallest absolute Gasteiger partial charge is 0.222 e. The summed E-state index contributed by atoms with van der Waals surface area (Å²) in [4.78, 5) is 25.0. The Hall–Kier alpha value is -2.71. The van der Waals surface area contributed by atoms with Crippen molar-refractivity contribution >= 4 is 23.2 Å². The van der Waals surface area contributed by atoms with E-state index in [1.165, 1.54) is 6.92 Å². The van der Waals surface area contributed by atoms with E-state index < -0.39 is 0 Å². The number of nitrogens with one attached hydrogen (secondary N) is 1. The number of pyridine rings is 2. The molecule has 4 rings (SSSR count). The monoisotopic (exact) mass is 383 g/mol. The molecule has 0 aromatic carbocycles. The normalized spacial score (nSPS) is 17.5. The number of carbonyl (C=O) groups excluding carboxylic acids is 1. The molecule has 2 aromatic heterocycles. The summed E-state index contributed by atoms with van der Waals surface area (Å²) in [7, 11) is 0. The van der Waals surface area contributed by atoms with Gasteiger partial charge < -0.3 is 24.6 Å². The Morgan fingerprint density at radius 3 is 2.29 bits per heavy atom. The number of hydrogen-bond acceptors (Lipinski definition) is 7. The minimum Gasteiger partial charge on any atom is -0.378 e. The van der Waals surface area contributed by atoms with Crippen LogP contribution in [0.25, 0.3) is 11.3 Å². The van der Waals surface area contributed by atoms with E-state index in [1.54, 1.807) is 12.3 Å². The van der Waals surface area contributed by atoms with Crippen LogP contribution in [0.4, 0.5) is 17.3 Å². The second kappa shape index (κ2) is 8.53. The predicted molar refractivity (Wildman–Crippen MR) is 108 cm³/mol. The van der Waals surface area contributed by atoms with Gasteiger partial charge in [0.05, 0.1) is 32.1 Å². The molecule has 2 aliphatic heterocycles. The van der Waals surface area contributed by atoms with Crippen molar-refractivity contribution in [2.45, 2.75) is 6.92 Å². The summed E-state index contributed by atoms with van der Waals surface area (Å²) < 4.78 is 11.0. The maximum absolute atomic E-state index is 11.2. The summed E-state index contributed by atoms with van der Waals surface area (Å²) in [5.41, 5.74) is 2.92. The number of rotatable bonds is 4. The Balaban J connectivity index is 1.67. The summed E-state index contributed by atoms with van der Waals surface area (Å²) in [6.45, 7) is 7.76. The summed E-state index contributed by atoms with van der Waals surface area (Å²) in [6, 6.07) is 7.99. The van der Waals surface area contributed by atoms with Crippen LogP contribution >= 0.6 is 0 Å². The highest BCUT2D eigenvalue weighted by molar-refractivity contribution is 5.87. The SMILES string of the molecule is CC(=O)Nc1ccc(-c2cc(N3CCOCC3)cc(N3CCOCC3)n2)cn1. The fourth-order valence-electron chi connectivity index (χ4n) is 3.41. The van der Waals surface area contributed by atoms with Gasteiger partial charge in [0.1, 0.15) is 11.6 Å². The van der Waals surface area contributed by atoms with Crippen LogP contribution in [0, 0.1) is 0 Å². The minimum atomic E-state index is -0.137. The summed E-state index contributed by atoms with van der Waals surface area (Å²) in [6.07, 6.45) is 1.75. The van der Waals surface area contributed by atoms with Crippen LogP contribution in [-0.2, 0) is 14.3 Å². The Bertz CT molecular complexity index is 779. The molecule has 2 aliphatic rings. The summed E-state index contributed by atoms with van der Waals surface area (Å²) in [5.74, 6) is 1.35. The molecule has 1 amide bonds. The molecule has 4 heterocycles. The van der Waals surface area contributed by atoms with Crippen molar-refractivity contribution in [3.05, 3.63) is 30.5 Å². The lowest BCUT2D eigenvalue weighted by Gasteiger charge is -2.32. The number of morpholine rings is 2. The van der Waals surface area contributed by atoms with E-state index in [0.29, 0.717) is 19.0 Å². The molecule has 0 atom stereocenters. The molecule has 0 bridgehead atoms. The first-order valence-electron chi connectivity index (χ1n) is 9.60. The lowest BCUT2D eigenvalue weighted by atomic mass is 10.1. The molecule has 8 nitrogen and oxygen atoms in total. The van der Waals surface area contributed by atoms with E-state index in [2.05, 4.69) is 32.2 Å². The number of nitrogens with zero attached hydrogens (tertiary/aromatic N) is 4. The van der Waals surface area contributed by atoms with Crippen molar-refractivity contribution in [1.82, 2.24) is 9.97 Å². The fraction of sp³-hybridized carbons (Fsp3) is 0.450. The first kappa shape index (κ1) is 18.6. The van der Waals surface area contributed by atoms with Gasteiger partial charge in [0.2, 0.25) is 5.91 Å². The third kappa shape index (κ3) is 4.40. The number of anilines is 3. The van der Waals surface area contributed by atoms with Crippen LogP contribution in [-0.4, -0.2) is 68.5 Å². The van der Waals surface area contributed by atoms with Gasteiger partial charge in [-0.15, -0.1) is 0 Å². The van der Waals surface area contributed by atoms with Crippen LogP contribution in [0.5, 0.6) is 0 Å². The van der Waals surface area contributed by atoms with E-state index in [-0.39, 0.29) is 5.91 Å². The van der Waals surface area contributed by atoms with Crippen molar-refractivity contribution in [1.29, 1.82) is 0 Å². The predicted octanol–water partition coefficient (Wildman–Crippen LogP) is 1.78. The van der Waals surface area contributed by atoms with Gasteiger partial charge in [-0.2, -0.15) is 0 Å². The summed E-state index contributed by atoms with van der Waals surface area (Å²) >= 11 is 0. The van der Waals surface area contributed by atoms with Gasteiger partial charge in [0.25, 0.3) is 0 Å². The third-order valence-corrected chi connectivity index (χ3v) is 4.87. The zero-order chi connectivity index (χ0) is 19.3. The molecule has 2 aromatic rings.